The van der Waals surface area contributed by atoms with Gasteiger partial charge in [0.2, 0.25) is 0 Å². The predicted molar refractivity (Wildman–Crippen MR) is 73.8 cm³/mol. The van der Waals surface area contributed by atoms with Gasteiger partial charge in [0.25, 0.3) is 5.89 Å². The van der Waals surface area contributed by atoms with Crippen molar-refractivity contribution >= 4 is 0 Å². The smallest absolute Gasteiger partial charge is 0.258 e. The lowest BCUT2D eigenvalue weighted by molar-refractivity contribution is 0.367. The Kier molecular flexibility index (Phi) is 3.34. The van der Waals surface area contributed by atoms with Gasteiger partial charge >= 0.3 is 0 Å². The molecule has 0 bridgehead atoms. The molecule has 1 fully saturated rings. The quantitative estimate of drug-likeness (QED) is 0.897. The predicted octanol–water partition coefficient (Wildman–Crippen LogP) is 3.17. The van der Waals surface area contributed by atoms with Gasteiger partial charge in [0.15, 0.2) is 5.82 Å². The number of benzene rings is 1. The third kappa shape index (κ3) is 2.54. The molecule has 0 spiro atoms. The van der Waals surface area contributed by atoms with E-state index in [4.69, 9.17) is 4.52 Å². The van der Waals surface area contributed by atoms with E-state index in [-0.39, 0.29) is 6.04 Å². The number of aryl methyl sites for hydroxylation is 2. The first-order valence-corrected chi connectivity index (χ1v) is 6.88. The number of aromatic nitrogens is 2. The van der Waals surface area contributed by atoms with Gasteiger partial charge in [0, 0.05) is 5.56 Å². The molecule has 0 saturated carbocycles. The zero-order valence-electron chi connectivity index (χ0n) is 11.4. The van der Waals surface area contributed by atoms with Crippen LogP contribution in [0, 0.1) is 13.8 Å². The second kappa shape index (κ2) is 5.13. The van der Waals surface area contributed by atoms with E-state index in [1.807, 2.05) is 0 Å². The molecule has 0 aliphatic carbocycles. The van der Waals surface area contributed by atoms with Crippen LogP contribution in [-0.4, -0.2) is 16.7 Å². The summed E-state index contributed by atoms with van der Waals surface area (Å²) < 4.78 is 5.42. The van der Waals surface area contributed by atoms with Crippen molar-refractivity contribution in [3.8, 4) is 11.5 Å². The SMILES string of the molecule is Cc1ccc(-c2nc(C3CCCCN3)no2)c(C)c1. The molecule has 1 unspecified atom stereocenters. The highest BCUT2D eigenvalue weighted by Gasteiger charge is 2.21. The van der Waals surface area contributed by atoms with Crippen LogP contribution in [0.1, 0.15) is 42.3 Å². The zero-order valence-corrected chi connectivity index (χ0v) is 11.4. The van der Waals surface area contributed by atoms with Crippen LogP contribution in [0.25, 0.3) is 11.5 Å². The van der Waals surface area contributed by atoms with Crippen LogP contribution in [0.4, 0.5) is 0 Å². The maximum absolute atomic E-state index is 5.42. The largest absolute Gasteiger partial charge is 0.334 e. The van der Waals surface area contributed by atoms with Crippen LogP contribution < -0.4 is 5.32 Å². The molecule has 1 N–H and O–H groups in total. The maximum Gasteiger partial charge on any atom is 0.258 e. The second-order valence-electron chi connectivity index (χ2n) is 5.28. The van der Waals surface area contributed by atoms with Crippen LogP contribution in [0.5, 0.6) is 0 Å². The maximum atomic E-state index is 5.42. The first kappa shape index (κ1) is 12.4. The van der Waals surface area contributed by atoms with E-state index in [0.29, 0.717) is 5.89 Å². The average Bonchev–Trinajstić information content (AvgIpc) is 2.89. The molecule has 4 heteroatoms. The van der Waals surface area contributed by atoms with Gasteiger partial charge in [-0.25, -0.2) is 0 Å². The minimum absolute atomic E-state index is 0.247. The first-order chi connectivity index (χ1) is 9.24. The summed E-state index contributed by atoms with van der Waals surface area (Å²) in [6, 6.07) is 6.51. The van der Waals surface area contributed by atoms with E-state index in [1.165, 1.54) is 24.0 Å². The zero-order chi connectivity index (χ0) is 13.2. The van der Waals surface area contributed by atoms with Crippen LogP contribution in [0.2, 0.25) is 0 Å². The summed E-state index contributed by atoms with van der Waals surface area (Å²) in [5.74, 6) is 1.41. The molecule has 4 nitrogen and oxygen atoms in total. The van der Waals surface area contributed by atoms with E-state index in [1.54, 1.807) is 0 Å². The van der Waals surface area contributed by atoms with Gasteiger partial charge in [-0.05, 0) is 44.9 Å². The van der Waals surface area contributed by atoms with Crippen molar-refractivity contribution in [2.45, 2.75) is 39.2 Å². The third-order valence-corrected chi connectivity index (χ3v) is 3.68. The van der Waals surface area contributed by atoms with Gasteiger partial charge in [-0.15, -0.1) is 0 Å². The number of piperidine rings is 1. The molecular weight excluding hydrogens is 238 g/mol. The average molecular weight is 257 g/mol. The summed E-state index contributed by atoms with van der Waals surface area (Å²) in [6.45, 7) is 5.20. The van der Waals surface area contributed by atoms with Gasteiger partial charge in [-0.2, -0.15) is 4.98 Å². The summed E-state index contributed by atoms with van der Waals surface area (Å²) in [4.78, 5) is 4.55. The van der Waals surface area contributed by atoms with Crippen molar-refractivity contribution < 1.29 is 4.52 Å². The van der Waals surface area contributed by atoms with E-state index in [2.05, 4.69) is 47.5 Å². The number of rotatable bonds is 2. The molecule has 1 aliphatic rings. The van der Waals surface area contributed by atoms with Crippen LogP contribution in [0.15, 0.2) is 22.7 Å². The Labute approximate surface area is 113 Å². The number of nitrogens with one attached hydrogen (secondary N) is 1. The van der Waals surface area contributed by atoms with E-state index in [0.717, 1.165) is 24.4 Å². The topological polar surface area (TPSA) is 51.0 Å². The molecule has 1 atom stereocenters. The standard InChI is InChI=1S/C15H19N3O/c1-10-6-7-12(11(2)9-10)15-17-14(18-19-15)13-5-3-4-8-16-13/h6-7,9,13,16H,3-5,8H2,1-2H3. The monoisotopic (exact) mass is 257 g/mol. The molecule has 1 aromatic carbocycles. The number of nitrogens with zero attached hydrogens (tertiary/aromatic N) is 2. The molecule has 2 aromatic rings. The number of hydrogen-bond acceptors (Lipinski definition) is 4. The Bertz CT molecular complexity index is 571. The van der Waals surface area contributed by atoms with Crippen molar-refractivity contribution in [1.82, 2.24) is 15.5 Å². The third-order valence-electron chi connectivity index (χ3n) is 3.68. The molecule has 19 heavy (non-hydrogen) atoms. The molecule has 3 rings (SSSR count). The Morgan fingerprint density at radius 1 is 1.26 bits per heavy atom. The summed E-state index contributed by atoms with van der Waals surface area (Å²) in [5.41, 5.74) is 3.45. The summed E-state index contributed by atoms with van der Waals surface area (Å²) in [5, 5.41) is 7.57. The lowest BCUT2D eigenvalue weighted by atomic mass is 10.0. The van der Waals surface area contributed by atoms with Gasteiger partial charge in [0.1, 0.15) is 0 Å². The lowest BCUT2D eigenvalue weighted by Gasteiger charge is -2.19. The highest BCUT2D eigenvalue weighted by Crippen LogP contribution is 2.26. The molecule has 100 valence electrons. The van der Waals surface area contributed by atoms with Gasteiger partial charge in [0.05, 0.1) is 6.04 Å². The Hall–Kier alpha value is -1.68. The minimum Gasteiger partial charge on any atom is -0.334 e. The van der Waals surface area contributed by atoms with Crippen LogP contribution >= 0.6 is 0 Å². The number of hydrogen-bond donors (Lipinski definition) is 1. The minimum atomic E-state index is 0.247. The highest BCUT2D eigenvalue weighted by molar-refractivity contribution is 5.58. The first-order valence-electron chi connectivity index (χ1n) is 6.88. The summed E-state index contributed by atoms with van der Waals surface area (Å²) >= 11 is 0. The molecule has 0 radical (unpaired) electrons. The van der Waals surface area contributed by atoms with Crippen molar-refractivity contribution in [1.29, 1.82) is 0 Å². The highest BCUT2D eigenvalue weighted by atomic mass is 16.5. The Balaban J connectivity index is 1.87. The molecule has 1 aromatic heterocycles. The van der Waals surface area contributed by atoms with Crippen molar-refractivity contribution in [3.05, 3.63) is 35.2 Å². The van der Waals surface area contributed by atoms with Gasteiger partial charge in [-0.3, -0.25) is 0 Å². The van der Waals surface area contributed by atoms with Crippen molar-refractivity contribution in [3.63, 3.8) is 0 Å². The fourth-order valence-corrected chi connectivity index (χ4v) is 2.61. The van der Waals surface area contributed by atoms with E-state index < -0.39 is 0 Å². The molecule has 2 heterocycles. The normalized spacial score (nSPS) is 19.6. The van der Waals surface area contributed by atoms with Crippen LogP contribution in [-0.2, 0) is 0 Å². The summed E-state index contributed by atoms with van der Waals surface area (Å²) in [7, 11) is 0. The van der Waals surface area contributed by atoms with Crippen molar-refractivity contribution in [2.75, 3.05) is 6.54 Å². The molecule has 1 saturated heterocycles. The fraction of sp³-hybridized carbons (Fsp3) is 0.467. The second-order valence-corrected chi connectivity index (χ2v) is 5.28. The van der Waals surface area contributed by atoms with Crippen LogP contribution in [0.3, 0.4) is 0 Å². The molecule has 0 amide bonds. The van der Waals surface area contributed by atoms with Gasteiger partial charge < -0.3 is 9.84 Å². The molecule has 1 aliphatic heterocycles. The van der Waals surface area contributed by atoms with Gasteiger partial charge in [-0.1, -0.05) is 29.3 Å². The lowest BCUT2D eigenvalue weighted by Crippen LogP contribution is -2.27. The fourth-order valence-electron chi connectivity index (χ4n) is 2.61. The van der Waals surface area contributed by atoms with E-state index in [9.17, 15) is 0 Å². The Morgan fingerprint density at radius 3 is 2.89 bits per heavy atom. The summed E-state index contributed by atoms with van der Waals surface area (Å²) in [6.07, 6.45) is 3.55. The molecular formula is C15H19N3O. The Morgan fingerprint density at radius 2 is 2.16 bits per heavy atom. The van der Waals surface area contributed by atoms with E-state index >= 15 is 0 Å². The van der Waals surface area contributed by atoms with Crippen molar-refractivity contribution in [2.24, 2.45) is 0 Å².